The number of pyridine rings is 1. The van der Waals surface area contributed by atoms with E-state index in [1.807, 2.05) is 67.6 Å². The summed E-state index contributed by atoms with van der Waals surface area (Å²) in [5.74, 6) is 0.598. The molecule has 164 valence electrons. The lowest BCUT2D eigenvalue weighted by Gasteiger charge is -2.11. The van der Waals surface area contributed by atoms with E-state index < -0.39 is 0 Å². The third-order valence-corrected chi connectivity index (χ3v) is 5.50. The summed E-state index contributed by atoms with van der Waals surface area (Å²) in [4.78, 5) is 16.5. The Morgan fingerprint density at radius 1 is 1.09 bits per heavy atom. The fraction of sp³-hybridized carbons (Fsp3) is 0.208. The topological polar surface area (TPSA) is 87.6 Å². The number of benzene rings is 2. The highest BCUT2D eigenvalue weighted by Gasteiger charge is 2.30. The van der Waals surface area contributed by atoms with Crippen LogP contribution in [0.25, 0.3) is 0 Å². The van der Waals surface area contributed by atoms with Gasteiger partial charge >= 0.3 is 0 Å². The summed E-state index contributed by atoms with van der Waals surface area (Å²) in [5.41, 5.74) is 12.6. The monoisotopic (exact) mass is 449 g/mol. The van der Waals surface area contributed by atoms with Gasteiger partial charge in [-0.15, -0.1) is 0 Å². The highest BCUT2D eigenvalue weighted by Crippen LogP contribution is 2.25. The van der Waals surface area contributed by atoms with E-state index in [-0.39, 0.29) is 18.0 Å². The molecule has 1 saturated heterocycles. The zero-order chi connectivity index (χ0) is 22.3. The standard InChI is InChI=1S/C24H24ClN5O2/c1-16(18-10-12-26-13-11-18)27-30-24(31)23-14-22(28-29-23)19-4-8-21(9-5-19)32-15-17-2-6-20(25)7-3-17/h2-13,22-23,28-29H,14-15H2,1H3,(H,30,31)/b27-16+. The molecule has 0 spiro atoms. The van der Waals surface area contributed by atoms with E-state index in [1.54, 1.807) is 12.4 Å². The number of nitrogens with zero attached hydrogens (tertiary/aromatic N) is 2. The van der Waals surface area contributed by atoms with Crippen molar-refractivity contribution in [3.05, 3.63) is 94.8 Å². The maximum Gasteiger partial charge on any atom is 0.258 e. The SMILES string of the molecule is C/C(=N\NC(=O)C1CC(c2ccc(OCc3ccc(Cl)cc3)cc2)NN1)c1ccncc1. The average molecular weight is 450 g/mol. The molecule has 1 aliphatic rings. The van der Waals surface area contributed by atoms with Crippen molar-refractivity contribution < 1.29 is 9.53 Å². The van der Waals surface area contributed by atoms with Gasteiger partial charge in [-0.3, -0.25) is 9.78 Å². The molecule has 1 amide bonds. The number of ether oxygens (including phenoxy) is 1. The van der Waals surface area contributed by atoms with Crippen LogP contribution >= 0.6 is 11.6 Å². The van der Waals surface area contributed by atoms with Crippen LogP contribution in [0.5, 0.6) is 5.75 Å². The van der Waals surface area contributed by atoms with Gasteiger partial charge in [-0.1, -0.05) is 35.9 Å². The lowest BCUT2D eigenvalue weighted by molar-refractivity contribution is -0.122. The maximum atomic E-state index is 12.5. The number of hydrogen-bond donors (Lipinski definition) is 3. The summed E-state index contributed by atoms with van der Waals surface area (Å²) < 4.78 is 5.84. The van der Waals surface area contributed by atoms with Gasteiger partial charge in [-0.25, -0.2) is 16.3 Å². The van der Waals surface area contributed by atoms with Crippen LogP contribution in [-0.2, 0) is 11.4 Å². The zero-order valence-corrected chi connectivity index (χ0v) is 18.3. The molecule has 0 aliphatic carbocycles. The number of halogens is 1. The van der Waals surface area contributed by atoms with Gasteiger partial charge in [0, 0.05) is 29.0 Å². The van der Waals surface area contributed by atoms with Crippen molar-refractivity contribution in [2.75, 3.05) is 0 Å². The summed E-state index contributed by atoms with van der Waals surface area (Å²) in [5, 5.41) is 4.90. The minimum Gasteiger partial charge on any atom is -0.489 e. The fourth-order valence-corrected chi connectivity index (χ4v) is 3.49. The molecule has 3 aromatic rings. The highest BCUT2D eigenvalue weighted by atomic mass is 35.5. The van der Waals surface area contributed by atoms with Gasteiger partial charge in [0.05, 0.1) is 5.71 Å². The van der Waals surface area contributed by atoms with Gasteiger partial charge in [0.2, 0.25) is 0 Å². The molecular formula is C24H24ClN5O2. The Labute approximate surface area is 191 Å². The number of nitrogens with one attached hydrogen (secondary N) is 3. The minimum absolute atomic E-state index is 0.0151. The van der Waals surface area contributed by atoms with Gasteiger partial charge in [-0.05, 0) is 60.9 Å². The molecule has 8 heteroatoms. The van der Waals surface area contributed by atoms with E-state index in [1.165, 1.54) is 0 Å². The molecule has 0 radical (unpaired) electrons. The number of hydrazone groups is 1. The highest BCUT2D eigenvalue weighted by molar-refractivity contribution is 6.30. The van der Waals surface area contributed by atoms with Crippen LogP contribution in [0.3, 0.4) is 0 Å². The predicted molar refractivity (Wildman–Crippen MR) is 124 cm³/mol. The predicted octanol–water partition coefficient (Wildman–Crippen LogP) is 3.76. The van der Waals surface area contributed by atoms with Crippen LogP contribution in [0.4, 0.5) is 0 Å². The number of carbonyl (C=O) groups excluding carboxylic acids is 1. The molecule has 1 aromatic heterocycles. The minimum atomic E-state index is -0.380. The second kappa shape index (κ2) is 10.4. The van der Waals surface area contributed by atoms with Crippen molar-refractivity contribution in [1.82, 2.24) is 21.3 Å². The number of hydrogen-bond acceptors (Lipinski definition) is 6. The van der Waals surface area contributed by atoms with Crippen LogP contribution < -0.4 is 21.0 Å². The Morgan fingerprint density at radius 3 is 2.53 bits per heavy atom. The van der Waals surface area contributed by atoms with Crippen LogP contribution in [0.2, 0.25) is 5.02 Å². The third-order valence-electron chi connectivity index (χ3n) is 5.25. The number of carbonyl (C=O) groups is 1. The van der Waals surface area contributed by atoms with Crippen molar-refractivity contribution in [1.29, 1.82) is 0 Å². The van der Waals surface area contributed by atoms with E-state index in [2.05, 4.69) is 26.4 Å². The second-order valence-corrected chi connectivity index (χ2v) is 7.96. The zero-order valence-electron chi connectivity index (χ0n) is 17.6. The summed E-state index contributed by atoms with van der Waals surface area (Å²) in [6, 6.07) is 18.8. The summed E-state index contributed by atoms with van der Waals surface area (Å²) in [7, 11) is 0. The van der Waals surface area contributed by atoms with Gasteiger partial charge in [0.15, 0.2) is 0 Å². The molecule has 32 heavy (non-hydrogen) atoms. The molecule has 1 fully saturated rings. The molecule has 4 rings (SSSR count). The fourth-order valence-electron chi connectivity index (χ4n) is 3.36. The van der Waals surface area contributed by atoms with Crippen molar-refractivity contribution in [2.24, 2.45) is 5.10 Å². The third kappa shape index (κ3) is 5.70. The quantitative estimate of drug-likeness (QED) is 0.377. The second-order valence-electron chi connectivity index (χ2n) is 7.52. The molecule has 0 bridgehead atoms. The first kappa shape index (κ1) is 22.0. The molecule has 7 nitrogen and oxygen atoms in total. The van der Waals surface area contributed by atoms with Crippen LogP contribution in [0.1, 0.15) is 36.1 Å². The smallest absolute Gasteiger partial charge is 0.258 e. The molecule has 2 unspecified atom stereocenters. The number of amides is 1. The van der Waals surface area contributed by atoms with E-state index in [0.29, 0.717) is 18.1 Å². The molecular weight excluding hydrogens is 426 g/mol. The van der Waals surface area contributed by atoms with Crippen LogP contribution in [-0.4, -0.2) is 22.6 Å². The van der Waals surface area contributed by atoms with Crippen molar-refractivity contribution >= 4 is 23.2 Å². The normalized spacial score (nSPS) is 18.4. The summed E-state index contributed by atoms with van der Waals surface area (Å²) >= 11 is 5.91. The van der Waals surface area contributed by atoms with Crippen molar-refractivity contribution in [3.63, 3.8) is 0 Å². The molecule has 2 heterocycles. The first-order valence-corrected chi connectivity index (χ1v) is 10.7. The van der Waals surface area contributed by atoms with Crippen LogP contribution in [0.15, 0.2) is 78.2 Å². The van der Waals surface area contributed by atoms with E-state index in [4.69, 9.17) is 16.3 Å². The first-order valence-electron chi connectivity index (χ1n) is 10.3. The van der Waals surface area contributed by atoms with E-state index >= 15 is 0 Å². The van der Waals surface area contributed by atoms with E-state index in [0.717, 1.165) is 28.2 Å². The molecule has 3 N–H and O–H groups in total. The van der Waals surface area contributed by atoms with Gasteiger partial charge in [0.1, 0.15) is 18.4 Å². The lowest BCUT2D eigenvalue weighted by Crippen LogP contribution is -2.41. The Kier molecular flexibility index (Phi) is 7.11. The molecule has 2 atom stereocenters. The molecule has 2 aromatic carbocycles. The summed E-state index contributed by atoms with van der Waals surface area (Å²) in [6.07, 6.45) is 4.00. The van der Waals surface area contributed by atoms with Gasteiger partial charge in [0.25, 0.3) is 5.91 Å². The van der Waals surface area contributed by atoms with Crippen molar-refractivity contribution in [2.45, 2.75) is 32.0 Å². The number of aromatic nitrogens is 1. The molecule has 0 saturated carbocycles. The number of rotatable bonds is 7. The van der Waals surface area contributed by atoms with E-state index in [9.17, 15) is 4.79 Å². The van der Waals surface area contributed by atoms with Crippen LogP contribution in [0, 0.1) is 0 Å². The largest absolute Gasteiger partial charge is 0.489 e. The molecule has 1 aliphatic heterocycles. The number of hydrazine groups is 1. The Bertz CT molecular complexity index is 1070. The van der Waals surface area contributed by atoms with Gasteiger partial charge < -0.3 is 4.74 Å². The average Bonchev–Trinajstić information content (AvgIpc) is 3.33. The Balaban J connectivity index is 1.28. The van der Waals surface area contributed by atoms with Crippen molar-refractivity contribution in [3.8, 4) is 5.75 Å². The lowest BCUT2D eigenvalue weighted by atomic mass is 10.0. The first-order chi connectivity index (χ1) is 15.6. The Hall–Kier alpha value is -3.26. The Morgan fingerprint density at radius 2 is 1.81 bits per heavy atom. The summed E-state index contributed by atoms with van der Waals surface area (Å²) in [6.45, 7) is 2.32. The maximum absolute atomic E-state index is 12.5. The van der Waals surface area contributed by atoms with Gasteiger partial charge in [-0.2, -0.15) is 5.10 Å².